The second-order valence-corrected chi connectivity index (χ2v) is 7.57. The lowest BCUT2D eigenvalue weighted by Gasteiger charge is -2.30. The summed E-state index contributed by atoms with van der Waals surface area (Å²) in [5.74, 6) is 0.208. The van der Waals surface area contributed by atoms with E-state index in [9.17, 15) is 9.59 Å². The van der Waals surface area contributed by atoms with Crippen LogP contribution in [-0.2, 0) is 22.6 Å². The number of hydrogen-bond donors (Lipinski definition) is 2. The summed E-state index contributed by atoms with van der Waals surface area (Å²) in [5.41, 5.74) is 3.84. The first-order valence-corrected chi connectivity index (χ1v) is 9.67. The molecular weight excluding hydrogens is 397 g/mol. The summed E-state index contributed by atoms with van der Waals surface area (Å²) in [7, 11) is 0. The van der Waals surface area contributed by atoms with Gasteiger partial charge in [-0.15, -0.1) is 12.4 Å². The predicted molar refractivity (Wildman–Crippen MR) is 114 cm³/mol. The molecule has 1 fully saturated rings. The van der Waals surface area contributed by atoms with Gasteiger partial charge in [0.1, 0.15) is 0 Å². The standard InChI is InChI=1S/C21H22ClN3O2.ClH/c22-17-4-1-14(2-5-17)13-25-19-7-6-18(11-15(19)3-8-20(25)26)24-21(27)16-9-10-23-12-16;/h1-2,4-7,11,16,23H,3,8-10,12-13H2,(H,24,27);1H. The molecule has 0 saturated carbocycles. The summed E-state index contributed by atoms with van der Waals surface area (Å²) in [4.78, 5) is 26.6. The number of anilines is 2. The molecule has 1 atom stereocenters. The van der Waals surface area contributed by atoms with Gasteiger partial charge >= 0.3 is 0 Å². The van der Waals surface area contributed by atoms with Gasteiger partial charge in [-0.3, -0.25) is 9.59 Å². The van der Waals surface area contributed by atoms with E-state index < -0.39 is 0 Å². The van der Waals surface area contributed by atoms with Crippen molar-refractivity contribution in [1.82, 2.24) is 5.32 Å². The van der Waals surface area contributed by atoms with Gasteiger partial charge in [0.2, 0.25) is 11.8 Å². The minimum absolute atomic E-state index is 0. The molecule has 2 aliphatic heterocycles. The summed E-state index contributed by atoms with van der Waals surface area (Å²) in [6.07, 6.45) is 2.05. The molecule has 0 spiro atoms. The third kappa shape index (κ3) is 4.49. The van der Waals surface area contributed by atoms with E-state index in [0.29, 0.717) is 24.4 Å². The molecule has 7 heteroatoms. The largest absolute Gasteiger partial charge is 0.326 e. The van der Waals surface area contributed by atoms with Crippen molar-refractivity contribution in [3.63, 3.8) is 0 Å². The van der Waals surface area contributed by atoms with Crippen molar-refractivity contribution >= 4 is 47.2 Å². The highest BCUT2D eigenvalue weighted by atomic mass is 35.5. The fraction of sp³-hybridized carbons (Fsp3) is 0.333. The molecule has 0 bridgehead atoms. The van der Waals surface area contributed by atoms with Crippen LogP contribution in [0, 0.1) is 5.92 Å². The highest BCUT2D eigenvalue weighted by Gasteiger charge is 2.26. The van der Waals surface area contributed by atoms with Crippen LogP contribution in [0.5, 0.6) is 0 Å². The lowest BCUT2D eigenvalue weighted by Crippen LogP contribution is -2.34. The van der Waals surface area contributed by atoms with Crippen LogP contribution in [0.25, 0.3) is 0 Å². The number of nitrogens with one attached hydrogen (secondary N) is 2. The number of nitrogens with zero attached hydrogens (tertiary/aromatic N) is 1. The molecular formula is C21H23Cl2N3O2. The van der Waals surface area contributed by atoms with Gasteiger partial charge in [-0.25, -0.2) is 0 Å². The van der Waals surface area contributed by atoms with Crippen molar-refractivity contribution in [2.75, 3.05) is 23.3 Å². The Kier molecular flexibility index (Phi) is 6.60. The summed E-state index contributed by atoms with van der Waals surface area (Å²) in [6, 6.07) is 13.4. The van der Waals surface area contributed by atoms with E-state index in [1.54, 1.807) is 0 Å². The molecule has 1 saturated heterocycles. The third-order valence-corrected chi connectivity index (χ3v) is 5.48. The van der Waals surface area contributed by atoms with Crippen molar-refractivity contribution in [3.05, 3.63) is 58.6 Å². The summed E-state index contributed by atoms with van der Waals surface area (Å²) in [6.45, 7) is 2.15. The average molecular weight is 420 g/mol. The molecule has 1 unspecified atom stereocenters. The number of carbonyl (C=O) groups excluding carboxylic acids is 2. The maximum Gasteiger partial charge on any atom is 0.228 e. The molecule has 2 amide bonds. The first kappa shape index (κ1) is 20.6. The highest BCUT2D eigenvalue weighted by Crippen LogP contribution is 2.32. The van der Waals surface area contributed by atoms with Crippen LogP contribution in [0.1, 0.15) is 24.0 Å². The van der Waals surface area contributed by atoms with Gasteiger partial charge < -0.3 is 15.5 Å². The Morgan fingerprint density at radius 3 is 2.68 bits per heavy atom. The smallest absolute Gasteiger partial charge is 0.228 e. The Balaban J connectivity index is 0.00000225. The van der Waals surface area contributed by atoms with Crippen LogP contribution < -0.4 is 15.5 Å². The van der Waals surface area contributed by atoms with Gasteiger partial charge in [-0.1, -0.05) is 23.7 Å². The van der Waals surface area contributed by atoms with Gasteiger partial charge in [0.25, 0.3) is 0 Å². The van der Waals surface area contributed by atoms with Crippen LogP contribution in [0.3, 0.4) is 0 Å². The number of halogens is 2. The van der Waals surface area contributed by atoms with Crippen LogP contribution in [-0.4, -0.2) is 24.9 Å². The topological polar surface area (TPSA) is 61.4 Å². The number of amides is 2. The molecule has 148 valence electrons. The molecule has 2 heterocycles. The predicted octanol–water partition coefficient (Wildman–Crippen LogP) is 3.79. The molecule has 2 N–H and O–H groups in total. The molecule has 28 heavy (non-hydrogen) atoms. The van der Waals surface area contributed by atoms with Gasteiger partial charge in [-0.05, 0) is 60.8 Å². The number of rotatable bonds is 4. The van der Waals surface area contributed by atoms with E-state index in [1.165, 1.54) is 0 Å². The Morgan fingerprint density at radius 2 is 1.96 bits per heavy atom. The molecule has 2 aromatic carbocycles. The highest BCUT2D eigenvalue weighted by molar-refractivity contribution is 6.30. The number of benzene rings is 2. The second-order valence-electron chi connectivity index (χ2n) is 7.13. The van der Waals surface area contributed by atoms with Crippen molar-refractivity contribution < 1.29 is 9.59 Å². The Hall–Kier alpha value is -2.08. The van der Waals surface area contributed by atoms with Crippen LogP contribution in [0.2, 0.25) is 5.02 Å². The summed E-state index contributed by atoms with van der Waals surface area (Å²) >= 11 is 5.95. The Morgan fingerprint density at radius 1 is 1.18 bits per heavy atom. The monoisotopic (exact) mass is 419 g/mol. The number of carbonyl (C=O) groups is 2. The summed E-state index contributed by atoms with van der Waals surface area (Å²) < 4.78 is 0. The van der Waals surface area contributed by atoms with Crippen molar-refractivity contribution in [1.29, 1.82) is 0 Å². The zero-order valence-electron chi connectivity index (χ0n) is 15.4. The molecule has 0 aromatic heterocycles. The Bertz CT molecular complexity index is 864. The first-order chi connectivity index (χ1) is 13.1. The second kappa shape index (κ2) is 8.95. The van der Waals surface area contributed by atoms with Crippen molar-refractivity contribution in [2.24, 2.45) is 5.92 Å². The minimum atomic E-state index is 0. The average Bonchev–Trinajstić information content (AvgIpc) is 3.21. The van der Waals surface area contributed by atoms with E-state index in [-0.39, 0.29) is 30.1 Å². The van der Waals surface area contributed by atoms with Gasteiger partial charge in [0.05, 0.1) is 12.5 Å². The fourth-order valence-corrected chi connectivity index (χ4v) is 3.83. The third-order valence-electron chi connectivity index (χ3n) is 5.23. The van der Waals surface area contributed by atoms with E-state index in [0.717, 1.165) is 42.0 Å². The minimum Gasteiger partial charge on any atom is -0.326 e. The SMILES string of the molecule is Cl.O=C(Nc1ccc2c(c1)CCC(=O)N2Cc1ccc(Cl)cc1)C1CCNC1. The van der Waals surface area contributed by atoms with Crippen LogP contribution in [0.4, 0.5) is 11.4 Å². The van der Waals surface area contributed by atoms with Crippen molar-refractivity contribution in [2.45, 2.75) is 25.8 Å². The Labute approximate surface area is 175 Å². The first-order valence-electron chi connectivity index (χ1n) is 9.29. The van der Waals surface area contributed by atoms with E-state index in [1.807, 2.05) is 47.4 Å². The molecule has 4 rings (SSSR count). The fourth-order valence-electron chi connectivity index (χ4n) is 3.71. The van der Waals surface area contributed by atoms with Gasteiger partial charge in [0, 0.05) is 29.4 Å². The van der Waals surface area contributed by atoms with Gasteiger partial charge in [-0.2, -0.15) is 0 Å². The molecule has 5 nitrogen and oxygen atoms in total. The molecule has 2 aliphatic rings. The number of hydrogen-bond acceptors (Lipinski definition) is 3. The number of fused-ring (bicyclic) bond motifs is 1. The molecule has 2 aromatic rings. The van der Waals surface area contributed by atoms with Gasteiger partial charge in [0.15, 0.2) is 0 Å². The lowest BCUT2D eigenvalue weighted by molar-refractivity contribution is -0.120. The van der Waals surface area contributed by atoms with Crippen LogP contribution >= 0.6 is 24.0 Å². The van der Waals surface area contributed by atoms with E-state index in [2.05, 4.69) is 10.6 Å². The summed E-state index contributed by atoms with van der Waals surface area (Å²) in [5, 5.41) is 6.91. The van der Waals surface area contributed by atoms with E-state index >= 15 is 0 Å². The molecule has 0 aliphatic carbocycles. The molecule has 0 radical (unpaired) electrons. The maximum absolute atomic E-state index is 12.5. The quantitative estimate of drug-likeness (QED) is 0.792. The van der Waals surface area contributed by atoms with E-state index in [4.69, 9.17) is 11.6 Å². The zero-order chi connectivity index (χ0) is 18.8. The maximum atomic E-state index is 12.5. The van der Waals surface area contributed by atoms with Crippen LogP contribution in [0.15, 0.2) is 42.5 Å². The lowest BCUT2D eigenvalue weighted by atomic mass is 9.99. The zero-order valence-corrected chi connectivity index (χ0v) is 17.0. The normalized spacial score (nSPS) is 18.4. The number of aryl methyl sites for hydroxylation is 1. The van der Waals surface area contributed by atoms with Crippen molar-refractivity contribution in [3.8, 4) is 0 Å².